The van der Waals surface area contributed by atoms with Crippen LogP contribution in [-0.4, -0.2) is 40.9 Å². The van der Waals surface area contributed by atoms with Crippen molar-refractivity contribution in [3.05, 3.63) is 46.5 Å². The first-order valence-electron chi connectivity index (χ1n) is 12.3. The minimum atomic E-state index is -0.910. The second-order valence-electron chi connectivity index (χ2n) is 10.7. The molecule has 1 aromatic rings. The highest BCUT2D eigenvalue weighted by molar-refractivity contribution is 9.10. The number of hydrogen-bond acceptors (Lipinski definition) is 3. The van der Waals surface area contributed by atoms with Gasteiger partial charge in [-0.1, -0.05) is 34.1 Å². The van der Waals surface area contributed by atoms with Gasteiger partial charge in [0.05, 0.1) is 0 Å². The SMILES string of the molecule is C=CCCC(NC(C)=O)(C(=O)NC(C)(C)C)C1CCN(C2CCCc3c(Br)cccc32)CC1. The third-order valence-corrected chi connectivity index (χ3v) is 7.86. The number of nitrogens with one attached hydrogen (secondary N) is 2. The number of carbonyl (C=O) groups is 2. The van der Waals surface area contributed by atoms with E-state index in [9.17, 15) is 9.59 Å². The molecule has 5 nitrogen and oxygen atoms in total. The Bertz CT molecular complexity index is 871. The summed E-state index contributed by atoms with van der Waals surface area (Å²) in [5.41, 5.74) is 1.61. The number of hydrogen-bond donors (Lipinski definition) is 2. The number of amides is 2. The third-order valence-electron chi connectivity index (χ3n) is 7.12. The molecule has 0 spiro atoms. The highest BCUT2D eigenvalue weighted by Crippen LogP contribution is 2.41. The number of rotatable bonds is 7. The molecule has 1 aliphatic heterocycles. The highest BCUT2D eigenvalue weighted by Gasteiger charge is 2.48. The first-order valence-corrected chi connectivity index (χ1v) is 13.1. The van der Waals surface area contributed by atoms with Crippen molar-refractivity contribution >= 4 is 27.7 Å². The average Bonchev–Trinajstić information content (AvgIpc) is 2.75. The maximum atomic E-state index is 13.6. The minimum absolute atomic E-state index is 0.0718. The van der Waals surface area contributed by atoms with Crippen LogP contribution >= 0.6 is 15.9 Å². The summed E-state index contributed by atoms with van der Waals surface area (Å²) >= 11 is 3.74. The molecule has 2 unspecified atom stereocenters. The maximum Gasteiger partial charge on any atom is 0.246 e. The number of likely N-dealkylation sites (tertiary alicyclic amines) is 1. The van der Waals surface area contributed by atoms with E-state index in [1.165, 1.54) is 35.4 Å². The number of allylic oxidation sites excluding steroid dienone is 1. The number of piperidine rings is 1. The van der Waals surface area contributed by atoms with Crippen LogP contribution in [0.3, 0.4) is 0 Å². The standard InChI is InChI=1S/C27H40BrN3O2/c1-6-7-16-27(29-19(2)32,25(33)30-26(3,4)5)20-14-17-31(18-15-20)24-13-9-10-21-22(24)11-8-12-23(21)28/h6,8,11-12,20,24H,1,7,9-10,13-18H2,2-5H3,(H,29,32)(H,30,33). The zero-order chi connectivity index (χ0) is 24.2. The lowest BCUT2D eigenvalue weighted by molar-refractivity contribution is -0.138. The van der Waals surface area contributed by atoms with Gasteiger partial charge in [0, 0.05) is 23.0 Å². The van der Waals surface area contributed by atoms with Crippen LogP contribution in [-0.2, 0) is 16.0 Å². The summed E-state index contributed by atoms with van der Waals surface area (Å²) in [5, 5.41) is 6.27. The molecule has 0 aromatic heterocycles. The monoisotopic (exact) mass is 517 g/mol. The molecule has 0 radical (unpaired) electrons. The summed E-state index contributed by atoms with van der Waals surface area (Å²) in [6.45, 7) is 13.2. The topological polar surface area (TPSA) is 61.4 Å². The zero-order valence-electron chi connectivity index (χ0n) is 20.7. The smallest absolute Gasteiger partial charge is 0.246 e. The average molecular weight is 519 g/mol. The molecule has 1 saturated heterocycles. The Morgan fingerprint density at radius 3 is 2.48 bits per heavy atom. The van der Waals surface area contributed by atoms with Gasteiger partial charge in [-0.3, -0.25) is 14.5 Å². The van der Waals surface area contributed by atoms with Gasteiger partial charge in [-0.25, -0.2) is 0 Å². The Kier molecular flexibility index (Phi) is 8.44. The molecule has 0 saturated carbocycles. The van der Waals surface area contributed by atoms with E-state index in [2.05, 4.69) is 56.2 Å². The van der Waals surface area contributed by atoms with E-state index in [4.69, 9.17) is 0 Å². The molecule has 33 heavy (non-hydrogen) atoms. The van der Waals surface area contributed by atoms with E-state index in [0.717, 1.165) is 32.4 Å². The fraction of sp³-hybridized carbons (Fsp3) is 0.630. The predicted octanol–water partition coefficient (Wildman–Crippen LogP) is 5.29. The quantitative estimate of drug-likeness (QED) is 0.482. The molecule has 3 rings (SSSR count). The Morgan fingerprint density at radius 2 is 1.88 bits per heavy atom. The summed E-state index contributed by atoms with van der Waals surface area (Å²) in [5.74, 6) is -0.139. The van der Waals surface area contributed by atoms with E-state index in [1.54, 1.807) is 0 Å². The first-order chi connectivity index (χ1) is 15.6. The maximum absolute atomic E-state index is 13.6. The lowest BCUT2D eigenvalue weighted by Gasteiger charge is -2.47. The fourth-order valence-corrected chi connectivity index (χ4v) is 6.26. The van der Waals surface area contributed by atoms with Gasteiger partial charge < -0.3 is 10.6 Å². The Labute approximate surface area is 207 Å². The number of fused-ring (bicyclic) bond motifs is 1. The lowest BCUT2D eigenvalue weighted by Crippen LogP contribution is -2.66. The second-order valence-corrected chi connectivity index (χ2v) is 11.6. The molecule has 1 aromatic carbocycles. The van der Waals surface area contributed by atoms with Gasteiger partial charge in [0.1, 0.15) is 5.54 Å². The van der Waals surface area contributed by atoms with Gasteiger partial charge in [-0.05, 0) is 102 Å². The van der Waals surface area contributed by atoms with Gasteiger partial charge in [0.15, 0.2) is 0 Å². The fourth-order valence-electron chi connectivity index (χ4n) is 5.68. The molecular weight excluding hydrogens is 478 g/mol. The zero-order valence-corrected chi connectivity index (χ0v) is 22.3. The third kappa shape index (κ3) is 6.07. The second kappa shape index (κ2) is 10.7. The molecule has 2 aliphatic rings. The molecular formula is C27H40BrN3O2. The van der Waals surface area contributed by atoms with Crippen LogP contribution in [0.25, 0.3) is 0 Å². The van der Waals surface area contributed by atoms with E-state index >= 15 is 0 Å². The minimum Gasteiger partial charge on any atom is -0.349 e. The van der Waals surface area contributed by atoms with Crippen molar-refractivity contribution in [3.8, 4) is 0 Å². The summed E-state index contributed by atoms with van der Waals surface area (Å²) in [6, 6.07) is 6.99. The largest absolute Gasteiger partial charge is 0.349 e. The van der Waals surface area contributed by atoms with Crippen LogP contribution in [0.4, 0.5) is 0 Å². The van der Waals surface area contributed by atoms with Crippen LogP contribution in [0.2, 0.25) is 0 Å². The number of benzene rings is 1. The molecule has 2 N–H and O–H groups in total. The van der Waals surface area contributed by atoms with Crippen molar-refractivity contribution < 1.29 is 9.59 Å². The van der Waals surface area contributed by atoms with E-state index in [0.29, 0.717) is 18.9 Å². The molecule has 0 bridgehead atoms. The molecule has 6 heteroatoms. The highest BCUT2D eigenvalue weighted by atomic mass is 79.9. The van der Waals surface area contributed by atoms with Crippen LogP contribution < -0.4 is 10.6 Å². The van der Waals surface area contributed by atoms with E-state index in [1.807, 2.05) is 26.8 Å². The molecule has 2 atom stereocenters. The van der Waals surface area contributed by atoms with Crippen molar-refractivity contribution in [3.63, 3.8) is 0 Å². The van der Waals surface area contributed by atoms with Crippen LogP contribution in [0, 0.1) is 5.92 Å². The predicted molar refractivity (Wildman–Crippen MR) is 138 cm³/mol. The Balaban J connectivity index is 1.82. The van der Waals surface area contributed by atoms with Gasteiger partial charge >= 0.3 is 0 Å². The molecule has 1 fully saturated rings. The van der Waals surface area contributed by atoms with Crippen molar-refractivity contribution in [1.82, 2.24) is 15.5 Å². The number of nitrogens with zero attached hydrogens (tertiary/aromatic N) is 1. The van der Waals surface area contributed by atoms with E-state index in [-0.39, 0.29) is 23.3 Å². The summed E-state index contributed by atoms with van der Waals surface area (Å²) in [4.78, 5) is 28.5. The van der Waals surface area contributed by atoms with Gasteiger partial charge in [0.2, 0.25) is 11.8 Å². The summed E-state index contributed by atoms with van der Waals surface area (Å²) in [7, 11) is 0. The number of halogens is 1. The number of carbonyl (C=O) groups excluding carboxylic acids is 2. The molecule has 2 amide bonds. The van der Waals surface area contributed by atoms with E-state index < -0.39 is 5.54 Å². The van der Waals surface area contributed by atoms with Crippen molar-refractivity contribution in [1.29, 1.82) is 0 Å². The normalized spacial score (nSPS) is 21.5. The Hall–Kier alpha value is -1.66. The van der Waals surface area contributed by atoms with Crippen LogP contribution in [0.5, 0.6) is 0 Å². The van der Waals surface area contributed by atoms with Gasteiger partial charge in [-0.2, -0.15) is 0 Å². The first kappa shape index (κ1) is 26.0. The lowest BCUT2D eigenvalue weighted by atomic mass is 9.73. The van der Waals surface area contributed by atoms with Crippen molar-refractivity contribution in [2.24, 2.45) is 5.92 Å². The summed E-state index contributed by atoms with van der Waals surface area (Å²) in [6.07, 6.45) is 8.36. The molecule has 1 heterocycles. The Morgan fingerprint density at radius 1 is 1.18 bits per heavy atom. The summed E-state index contributed by atoms with van der Waals surface area (Å²) < 4.78 is 1.22. The molecule has 182 valence electrons. The van der Waals surface area contributed by atoms with Gasteiger partial charge in [0.25, 0.3) is 0 Å². The van der Waals surface area contributed by atoms with Crippen LogP contribution in [0.15, 0.2) is 35.3 Å². The van der Waals surface area contributed by atoms with Crippen molar-refractivity contribution in [2.45, 2.75) is 89.8 Å². The van der Waals surface area contributed by atoms with Crippen LogP contribution in [0.1, 0.15) is 83.4 Å². The van der Waals surface area contributed by atoms with Gasteiger partial charge in [-0.15, -0.1) is 6.58 Å². The van der Waals surface area contributed by atoms with Crippen molar-refractivity contribution in [2.75, 3.05) is 13.1 Å². The molecule has 1 aliphatic carbocycles.